The highest BCUT2D eigenvalue weighted by atomic mass is 32.1. The number of thiophene rings is 1. The lowest BCUT2D eigenvalue weighted by molar-refractivity contribution is 0.101. The highest BCUT2D eigenvalue weighted by Crippen LogP contribution is 2.43. The molecule has 0 unspecified atom stereocenters. The molecular formula is C24H27N5OS. The second kappa shape index (κ2) is 7.12. The SMILES string of the molecule is Cc1ccc(NC(=O)c2nc3c4c5c(sc4ncn3n2)C[C@@H](C(C)(C)C)CC5)c(C)c1. The molecule has 0 fully saturated rings. The maximum Gasteiger partial charge on any atom is 0.295 e. The van der Waals surface area contributed by atoms with Crippen molar-refractivity contribution in [2.24, 2.45) is 11.3 Å². The smallest absolute Gasteiger partial charge is 0.295 e. The van der Waals surface area contributed by atoms with Crippen LogP contribution in [0.25, 0.3) is 15.9 Å². The number of nitrogens with zero attached hydrogens (tertiary/aromatic N) is 4. The van der Waals surface area contributed by atoms with Gasteiger partial charge >= 0.3 is 0 Å². The fourth-order valence-corrected chi connectivity index (χ4v) is 5.80. The molecule has 1 aliphatic carbocycles. The molecule has 1 amide bonds. The van der Waals surface area contributed by atoms with Gasteiger partial charge in [-0.2, -0.15) is 0 Å². The summed E-state index contributed by atoms with van der Waals surface area (Å²) < 4.78 is 1.64. The topological polar surface area (TPSA) is 72.2 Å². The average Bonchev–Trinajstić information content (AvgIpc) is 3.29. The van der Waals surface area contributed by atoms with E-state index in [9.17, 15) is 4.79 Å². The molecule has 0 saturated heterocycles. The van der Waals surface area contributed by atoms with E-state index in [2.05, 4.69) is 41.2 Å². The maximum absolute atomic E-state index is 12.9. The molecule has 6 nitrogen and oxygen atoms in total. The number of nitrogens with one attached hydrogen (secondary N) is 1. The van der Waals surface area contributed by atoms with Gasteiger partial charge in [0.1, 0.15) is 11.2 Å². The van der Waals surface area contributed by atoms with Crippen LogP contribution in [-0.2, 0) is 12.8 Å². The fourth-order valence-electron chi connectivity index (χ4n) is 4.54. The van der Waals surface area contributed by atoms with Gasteiger partial charge in [0, 0.05) is 10.6 Å². The van der Waals surface area contributed by atoms with Gasteiger partial charge in [0.25, 0.3) is 5.91 Å². The first-order valence-corrected chi connectivity index (χ1v) is 11.6. The normalized spacial score (nSPS) is 16.6. The van der Waals surface area contributed by atoms with Crippen molar-refractivity contribution in [3.8, 4) is 0 Å². The Bertz CT molecular complexity index is 1330. The third-order valence-corrected chi connectivity index (χ3v) is 7.61. The molecule has 1 aliphatic rings. The van der Waals surface area contributed by atoms with Crippen LogP contribution in [0.1, 0.15) is 59.4 Å². The van der Waals surface area contributed by atoms with Crippen molar-refractivity contribution < 1.29 is 4.79 Å². The third-order valence-electron chi connectivity index (χ3n) is 6.44. The first-order chi connectivity index (χ1) is 14.7. The first kappa shape index (κ1) is 20.1. The van der Waals surface area contributed by atoms with Crippen molar-refractivity contribution in [1.29, 1.82) is 0 Å². The van der Waals surface area contributed by atoms with Crippen LogP contribution < -0.4 is 5.32 Å². The molecule has 0 aliphatic heterocycles. The second-order valence-corrected chi connectivity index (χ2v) is 10.8. The van der Waals surface area contributed by atoms with Gasteiger partial charge in [-0.15, -0.1) is 16.4 Å². The number of hydrogen-bond acceptors (Lipinski definition) is 5. The molecule has 4 aromatic rings. The lowest BCUT2D eigenvalue weighted by Gasteiger charge is -2.33. The Hall–Kier alpha value is -2.80. The van der Waals surface area contributed by atoms with Crippen LogP contribution >= 0.6 is 11.3 Å². The van der Waals surface area contributed by atoms with E-state index >= 15 is 0 Å². The summed E-state index contributed by atoms with van der Waals surface area (Å²) in [6.07, 6.45) is 4.94. The summed E-state index contributed by atoms with van der Waals surface area (Å²) in [6, 6.07) is 5.94. The minimum Gasteiger partial charge on any atom is -0.319 e. The lowest BCUT2D eigenvalue weighted by atomic mass is 9.72. The number of aryl methyl sites for hydroxylation is 3. The van der Waals surface area contributed by atoms with E-state index in [-0.39, 0.29) is 11.7 Å². The number of benzene rings is 1. The number of aromatic nitrogens is 4. The standard InChI is InChI=1S/C24H27N5OS/c1-13-6-9-17(14(2)10-13)26-22(30)20-27-21-19-16-8-7-15(24(3,4)5)11-18(16)31-23(19)25-12-29(21)28-20/h6,9-10,12,15H,7-8,11H2,1-5H3,(H,26,30)/t15-/m0/s1. The molecule has 160 valence electrons. The van der Waals surface area contributed by atoms with Crippen LogP contribution in [0.4, 0.5) is 5.69 Å². The van der Waals surface area contributed by atoms with E-state index in [1.807, 2.05) is 32.0 Å². The van der Waals surface area contributed by atoms with Gasteiger partial charge in [-0.25, -0.2) is 14.5 Å². The first-order valence-electron chi connectivity index (χ1n) is 10.7. The molecule has 3 heterocycles. The Kier molecular flexibility index (Phi) is 4.62. The van der Waals surface area contributed by atoms with E-state index in [1.165, 1.54) is 10.4 Å². The Morgan fingerprint density at radius 2 is 2.06 bits per heavy atom. The van der Waals surface area contributed by atoms with E-state index in [4.69, 9.17) is 0 Å². The van der Waals surface area contributed by atoms with Gasteiger partial charge < -0.3 is 5.32 Å². The number of rotatable bonds is 2. The highest BCUT2D eigenvalue weighted by molar-refractivity contribution is 7.19. The van der Waals surface area contributed by atoms with E-state index in [0.29, 0.717) is 11.3 Å². The predicted octanol–water partition coefficient (Wildman–Crippen LogP) is 5.36. The summed E-state index contributed by atoms with van der Waals surface area (Å²) in [5.74, 6) is 0.527. The summed E-state index contributed by atoms with van der Waals surface area (Å²) in [5, 5.41) is 8.43. The van der Waals surface area contributed by atoms with Crippen molar-refractivity contribution in [2.75, 3.05) is 5.32 Å². The molecule has 1 aromatic carbocycles. The molecule has 1 N–H and O–H groups in total. The number of fused-ring (bicyclic) bond motifs is 5. The molecule has 0 saturated carbocycles. The van der Waals surface area contributed by atoms with E-state index in [0.717, 1.165) is 51.9 Å². The zero-order valence-corrected chi connectivity index (χ0v) is 19.4. The van der Waals surface area contributed by atoms with Crippen LogP contribution in [-0.4, -0.2) is 25.5 Å². The average molecular weight is 434 g/mol. The second-order valence-electron chi connectivity index (χ2n) is 9.71. The Morgan fingerprint density at radius 3 is 2.81 bits per heavy atom. The number of anilines is 1. The lowest BCUT2D eigenvalue weighted by Crippen LogP contribution is -2.26. The Labute approximate surface area is 185 Å². The van der Waals surface area contributed by atoms with E-state index < -0.39 is 0 Å². The minimum absolute atomic E-state index is 0.164. The summed E-state index contributed by atoms with van der Waals surface area (Å²) >= 11 is 1.77. The van der Waals surface area contributed by atoms with Crippen LogP contribution in [0.5, 0.6) is 0 Å². The van der Waals surface area contributed by atoms with Crippen molar-refractivity contribution in [3.63, 3.8) is 0 Å². The van der Waals surface area contributed by atoms with Crippen LogP contribution in [0.2, 0.25) is 0 Å². The van der Waals surface area contributed by atoms with Gasteiger partial charge in [0.05, 0.1) is 5.39 Å². The molecule has 0 bridgehead atoms. The van der Waals surface area contributed by atoms with Crippen molar-refractivity contribution >= 4 is 38.8 Å². The van der Waals surface area contributed by atoms with Gasteiger partial charge in [-0.1, -0.05) is 38.5 Å². The summed E-state index contributed by atoms with van der Waals surface area (Å²) in [4.78, 5) is 24.5. The van der Waals surface area contributed by atoms with E-state index in [1.54, 1.807) is 22.2 Å². The minimum atomic E-state index is -0.305. The number of amides is 1. The molecule has 3 aromatic heterocycles. The van der Waals surface area contributed by atoms with Gasteiger partial charge in [0.15, 0.2) is 5.65 Å². The molecule has 1 atom stereocenters. The maximum atomic E-state index is 12.9. The number of hydrogen-bond donors (Lipinski definition) is 1. The zero-order chi connectivity index (χ0) is 21.9. The molecular weight excluding hydrogens is 406 g/mol. The van der Waals surface area contributed by atoms with Crippen molar-refractivity contribution in [2.45, 2.75) is 53.9 Å². The largest absolute Gasteiger partial charge is 0.319 e. The Balaban J connectivity index is 1.52. The zero-order valence-electron chi connectivity index (χ0n) is 18.6. The Morgan fingerprint density at radius 1 is 1.26 bits per heavy atom. The molecule has 0 spiro atoms. The predicted molar refractivity (Wildman–Crippen MR) is 125 cm³/mol. The molecule has 7 heteroatoms. The van der Waals surface area contributed by atoms with Crippen molar-refractivity contribution in [3.05, 3.63) is 51.9 Å². The highest BCUT2D eigenvalue weighted by Gasteiger charge is 2.32. The summed E-state index contributed by atoms with van der Waals surface area (Å²) in [5.41, 5.74) is 5.31. The molecule has 5 rings (SSSR count). The van der Waals surface area contributed by atoms with Crippen molar-refractivity contribution in [1.82, 2.24) is 19.6 Å². The monoisotopic (exact) mass is 433 g/mol. The third kappa shape index (κ3) is 3.51. The summed E-state index contributed by atoms with van der Waals surface area (Å²) in [7, 11) is 0. The van der Waals surface area contributed by atoms with Crippen LogP contribution in [0, 0.1) is 25.2 Å². The quantitative estimate of drug-likeness (QED) is 0.462. The van der Waals surface area contributed by atoms with Gasteiger partial charge in [0.2, 0.25) is 5.82 Å². The fraction of sp³-hybridized carbons (Fsp3) is 0.417. The van der Waals surface area contributed by atoms with Gasteiger partial charge in [-0.05, 0) is 61.6 Å². The summed E-state index contributed by atoms with van der Waals surface area (Å²) in [6.45, 7) is 11.0. The van der Waals surface area contributed by atoms with Crippen LogP contribution in [0.3, 0.4) is 0 Å². The van der Waals surface area contributed by atoms with Crippen LogP contribution in [0.15, 0.2) is 24.5 Å². The number of carbonyl (C=O) groups is 1. The molecule has 31 heavy (non-hydrogen) atoms. The molecule has 0 radical (unpaired) electrons. The number of carbonyl (C=O) groups excluding carboxylic acids is 1. The van der Waals surface area contributed by atoms with Gasteiger partial charge in [-0.3, -0.25) is 4.79 Å².